The first-order valence-electron chi connectivity index (χ1n) is 4.95. The molecule has 0 aromatic rings. The Morgan fingerprint density at radius 2 is 2.08 bits per heavy atom. The minimum atomic E-state index is -0.259. The van der Waals surface area contributed by atoms with Crippen LogP contribution in [0.5, 0.6) is 0 Å². The van der Waals surface area contributed by atoms with Crippen LogP contribution >= 0.6 is 0 Å². The maximum Gasteiger partial charge on any atom is 0.0684 e. The highest BCUT2D eigenvalue weighted by Gasteiger charge is 2.31. The van der Waals surface area contributed by atoms with Gasteiger partial charge in [-0.15, -0.1) is 0 Å². The van der Waals surface area contributed by atoms with Crippen molar-refractivity contribution in [3.8, 4) is 0 Å². The van der Waals surface area contributed by atoms with Crippen LogP contribution in [0.25, 0.3) is 0 Å². The normalized spacial score (nSPS) is 41.2. The maximum atomic E-state index is 9.77. The minimum absolute atomic E-state index is 0.147. The van der Waals surface area contributed by atoms with Gasteiger partial charge in [-0.25, -0.2) is 0 Å². The molecule has 0 unspecified atom stereocenters. The number of hydrogen-bond acceptors (Lipinski definition) is 2. The number of ether oxygens (including phenoxy) is 1. The van der Waals surface area contributed by atoms with Gasteiger partial charge in [-0.1, -0.05) is 25.5 Å². The Hall–Kier alpha value is -0.340. The van der Waals surface area contributed by atoms with E-state index in [1.807, 2.05) is 0 Å². The van der Waals surface area contributed by atoms with Gasteiger partial charge in [0.15, 0.2) is 0 Å². The van der Waals surface area contributed by atoms with Crippen molar-refractivity contribution in [2.75, 3.05) is 7.11 Å². The van der Waals surface area contributed by atoms with E-state index in [0.29, 0.717) is 5.92 Å². The van der Waals surface area contributed by atoms with Crippen molar-refractivity contribution in [1.29, 1.82) is 0 Å². The quantitative estimate of drug-likeness (QED) is 0.631. The molecule has 2 nitrogen and oxygen atoms in total. The standard InChI is InChI=1S/C11H20O2/c1-7-5-6-10(12)9(3)11(13-4)8(7)2/h5,8-12H,6H2,1-4H3/t8-,9+,10-,11-/m0/s1. The molecule has 0 aliphatic heterocycles. The molecule has 13 heavy (non-hydrogen) atoms. The van der Waals surface area contributed by atoms with Gasteiger partial charge >= 0.3 is 0 Å². The lowest BCUT2D eigenvalue weighted by Gasteiger charge is -2.28. The molecule has 0 spiro atoms. The minimum Gasteiger partial charge on any atom is -0.392 e. The summed E-state index contributed by atoms with van der Waals surface area (Å²) in [5.41, 5.74) is 1.33. The molecule has 2 heteroatoms. The molecular formula is C11H20O2. The van der Waals surface area contributed by atoms with Gasteiger partial charge in [0.2, 0.25) is 0 Å². The molecule has 0 saturated carbocycles. The Kier molecular flexibility index (Phi) is 3.51. The molecular weight excluding hydrogens is 164 g/mol. The summed E-state index contributed by atoms with van der Waals surface area (Å²) in [4.78, 5) is 0. The van der Waals surface area contributed by atoms with Crippen molar-refractivity contribution in [2.45, 2.75) is 39.4 Å². The van der Waals surface area contributed by atoms with E-state index >= 15 is 0 Å². The third-order valence-corrected chi connectivity index (χ3v) is 3.29. The van der Waals surface area contributed by atoms with Crippen molar-refractivity contribution in [3.63, 3.8) is 0 Å². The van der Waals surface area contributed by atoms with Gasteiger partial charge in [0.1, 0.15) is 0 Å². The first kappa shape index (κ1) is 10.7. The summed E-state index contributed by atoms with van der Waals surface area (Å²) >= 11 is 0. The van der Waals surface area contributed by atoms with Gasteiger partial charge in [-0.2, -0.15) is 0 Å². The van der Waals surface area contributed by atoms with E-state index in [4.69, 9.17) is 4.74 Å². The van der Waals surface area contributed by atoms with E-state index in [0.717, 1.165) is 6.42 Å². The van der Waals surface area contributed by atoms with Gasteiger partial charge < -0.3 is 9.84 Å². The number of hydrogen-bond donors (Lipinski definition) is 1. The molecule has 0 fully saturated rings. The van der Waals surface area contributed by atoms with Crippen LogP contribution < -0.4 is 0 Å². The highest BCUT2D eigenvalue weighted by atomic mass is 16.5. The smallest absolute Gasteiger partial charge is 0.0684 e. The van der Waals surface area contributed by atoms with Gasteiger partial charge in [0.25, 0.3) is 0 Å². The summed E-state index contributed by atoms with van der Waals surface area (Å²) in [5, 5.41) is 9.77. The third-order valence-electron chi connectivity index (χ3n) is 3.29. The Morgan fingerprint density at radius 3 is 2.62 bits per heavy atom. The lowest BCUT2D eigenvalue weighted by molar-refractivity contribution is -0.0204. The van der Waals surface area contributed by atoms with Crippen molar-refractivity contribution in [1.82, 2.24) is 0 Å². The number of aliphatic hydroxyl groups excluding tert-OH is 1. The molecule has 0 aromatic heterocycles. The highest BCUT2D eigenvalue weighted by molar-refractivity contribution is 5.09. The fourth-order valence-corrected chi connectivity index (χ4v) is 2.06. The summed E-state index contributed by atoms with van der Waals surface area (Å²) in [6.45, 7) is 6.33. The molecule has 0 radical (unpaired) electrons. The fourth-order valence-electron chi connectivity index (χ4n) is 2.06. The second-order valence-corrected chi connectivity index (χ2v) is 4.10. The Morgan fingerprint density at radius 1 is 1.46 bits per heavy atom. The predicted molar refractivity (Wildman–Crippen MR) is 53.5 cm³/mol. The second-order valence-electron chi connectivity index (χ2n) is 4.10. The molecule has 0 heterocycles. The Bertz CT molecular complexity index is 198. The Balaban J connectivity index is 2.84. The molecule has 1 aliphatic carbocycles. The lowest BCUT2D eigenvalue weighted by Crippen LogP contribution is -2.34. The fraction of sp³-hybridized carbons (Fsp3) is 0.818. The average molecular weight is 184 g/mol. The van der Waals surface area contributed by atoms with E-state index in [9.17, 15) is 5.11 Å². The number of aliphatic hydroxyl groups is 1. The topological polar surface area (TPSA) is 29.5 Å². The van der Waals surface area contributed by atoms with Crippen LogP contribution in [-0.2, 0) is 4.74 Å². The second kappa shape index (κ2) is 4.25. The molecule has 4 atom stereocenters. The molecule has 1 aliphatic rings. The van der Waals surface area contributed by atoms with Crippen LogP contribution in [0.15, 0.2) is 11.6 Å². The van der Waals surface area contributed by atoms with Crippen LogP contribution in [-0.4, -0.2) is 24.4 Å². The van der Waals surface area contributed by atoms with Crippen LogP contribution in [0.1, 0.15) is 27.2 Å². The van der Waals surface area contributed by atoms with Crippen molar-refractivity contribution in [3.05, 3.63) is 11.6 Å². The monoisotopic (exact) mass is 184 g/mol. The van der Waals surface area contributed by atoms with E-state index in [1.165, 1.54) is 5.57 Å². The molecule has 1 rings (SSSR count). The SMILES string of the molecule is CO[C@@H]1[C@H](C)[C@@H](O)CC=C(C)[C@@H]1C. The average Bonchev–Trinajstić information content (AvgIpc) is 2.20. The highest BCUT2D eigenvalue weighted by Crippen LogP contribution is 2.29. The Labute approximate surface area is 80.6 Å². The van der Waals surface area contributed by atoms with Crippen LogP contribution in [0.2, 0.25) is 0 Å². The number of rotatable bonds is 1. The zero-order valence-corrected chi connectivity index (χ0v) is 8.95. The van der Waals surface area contributed by atoms with Crippen LogP contribution in [0.3, 0.4) is 0 Å². The summed E-state index contributed by atoms with van der Waals surface area (Å²) < 4.78 is 5.44. The molecule has 0 aromatic carbocycles. The summed E-state index contributed by atoms with van der Waals surface area (Å²) in [5.74, 6) is 0.630. The van der Waals surface area contributed by atoms with E-state index in [2.05, 4.69) is 26.8 Å². The zero-order valence-electron chi connectivity index (χ0n) is 8.95. The van der Waals surface area contributed by atoms with Crippen LogP contribution in [0, 0.1) is 11.8 Å². The van der Waals surface area contributed by atoms with Gasteiger partial charge in [-0.3, -0.25) is 0 Å². The largest absolute Gasteiger partial charge is 0.392 e. The van der Waals surface area contributed by atoms with E-state index in [1.54, 1.807) is 7.11 Å². The van der Waals surface area contributed by atoms with Gasteiger partial charge in [0, 0.05) is 18.9 Å². The van der Waals surface area contributed by atoms with Gasteiger partial charge in [0.05, 0.1) is 12.2 Å². The zero-order chi connectivity index (χ0) is 10.0. The summed E-state index contributed by atoms with van der Waals surface area (Å²) in [7, 11) is 1.73. The van der Waals surface area contributed by atoms with Crippen molar-refractivity contribution < 1.29 is 9.84 Å². The first-order chi connectivity index (χ1) is 6.07. The summed E-state index contributed by atoms with van der Waals surface area (Å²) in [6.07, 6.45) is 2.78. The third kappa shape index (κ3) is 2.12. The molecule has 1 N–H and O–H groups in total. The lowest BCUT2D eigenvalue weighted by atomic mass is 9.88. The van der Waals surface area contributed by atoms with E-state index < -0.39 is 0 Å². The number of methoxy groups -OCH3 is 1. The van der Waals surface area contributed by atoms with Crippen LogP contribution in [0.4, 0.5) is 0 Å². The first-order valence-corrected chi connectivity index (χ1v) is 4.95. The molecule has 0 amide bonds. The molecule has 0 saturated heterocycles. The predicted octanol–water partition coefficient (Wildman–Crippen LogP) is 1.98. The van der Waals surface area contributed by atoms with Crippen molar-refractivity contribution >= 4 is 0 Å². The van der Waals surface area contributed by atoms with Gasteiger partial charge in [-0.05, 0) is 13.3 Å². The van der Waals surface area contributed by atoms with E-state index in [-0.39, 0.29) is 18.1 Å². The van der Waals surface area contributed by atoms with Crippen molar-refractivity contribution in [2.24, 2.45) is 11.8 Å². The molecule has 76 valence electrons. The molecule has 0 bridgehead atoms. The summed E-state index contributed by atoms with van der Waals surface area (Å²) in [6, 6.07) is 0. The maximum absolute atomic E-state index is 9.77.